The van der Waals surface area contributed by atoms with E-state index < -0.39 is 8.24 Å². The molecule has 1 nitrogen and oxygen atoms in total. The lowest BCUT2D eigenvalue weighted by Gasteiger charge is -2.24. The van der Waals surface area contributed by atoms with E-state index in [0.717, 1.165) is 0 Å². The number of nitrogens with one attached hydrogen (secondary N) is 1. The summed E-state index contributed by atoms with van der Waals surface area (Å²) in [6.07, 6.45) is 0. The summed E-state index contributed by atoms with van der Waals surface area (Å²) >= 11 is 0. The van der Waals surface area contributed by atoms with Gasteiger partial charge in [0.1, 0.15) is 8.24 Å². The van der Waals surface area contributed by atoms with Crippen LogP contribution in [0.1, 0.15) is 13.8 Å². The van der Waals surface area contributed by atoms with Crippen LogP contribution in [-0.4, -0.2) is 17.9 Å². The van der Waals surface area contributed by atoms with Crippen molar-refractivity contribution in [3.63, 3.8) is 0 Å². The topological polar surface area (TPSA) is 12.0 Å². The summed E-state index contributed by atoms with van der Waals surface area (Å²) in [5.74, 6) is 0. The Labute approximate surface area is 62.2 Å². The molecule has 0 rings (SSSR count). The molecule has 9 heavy (non-hydrogen) atoms. The maximum absolute atomic E-state index is 3.74. The lowest BCUT2D eigenvalue weighted by molar-refractivity contribution is 1.17. The van der Waals surface area contributed by atoms with Crippen molar-refractivity contribution >= 4 is 17.9 Å². The largest absolute Gasteiger partial charge is 0.364 e. The average Bonchev–Trinajstić information content (AvgIpc) is 1.89. The summed E-state index contributed by atoms with van der Waals surface area (Å²) in [6.45, 7) is 9.40. The molecule has 0 saturated carbocycles. The summed E-state index contributed by atoms with van der Waals surface area (Å²) < 4.78 is 3.74. The van der Waals surface area contributed by atoms with Crippen molar-refractivity contribution in [2.24, 2.45) is 0 Å². The van der Waals surface area contributed by atoms with Crippen LogP contribution in [0, 0.1) is 0 Å². The first-order valence-corrected chi connectivity index (χ1v) is 8.97. The van der Waals surface area contributed by atoms with Gasteiger partial charge in [0.15, 0.2) is 0 Å². The van der Waals surface area contributed by atoms with Crippen molar-refractivity contribution in [3.05, 3.63) is 0 Å². The minimum Gasteiger partial charge on any atom is -0.364 e. The van der Waals surface area contributed by atoms with Crippen molar-refractivity contribution < 1.29 is 0 Å². The van der Waals surface area contributed by atoms with E-state index in [4.69, 9.17) is 0 Å². The second-order valence-corrected chi connectivity index (χ2v) is 9.45. The minimum absolute atomic E-state index is 0.0996. The Morgan fingerprint density at radius 2 is 1.78 bits per heavy atom. The maximum Gasteiger partial charge on any atom is 0.115 e. The van der Waals surface area contributed by atoms with Gasteiger partial charge in [0.25, 0.3) is 0 Å². The van der Waals surface area contributed by atoms with Crippen molar-refractivity contribution in [1.82, 2.24) is 4.65 Å². The molecule has 0 saturated heterocycles. The highest BCUT2D eigenvalue weighted by atomic mass is 28.4. The molecule has 0 aliphatic carbocycles. The molecule has 56 valence electrons. The summed E-state index contributed by atoms with van der Waals surface area (Å²) in [5.41, 5.74) is 0. The van der Waals surface area contributed by atoms with E-state index in [0.29, 0.717) is 0 Å². The normalized spacial score (nSPS) is 13.3. The van der Waals surface area contributed by atoms with Crippen LogP contribution < -0.4 is 4.65 Å². The van der Waals surface area contributed by atoms with E-state index >= 15 is 0 Å². The Morgan fingerprint density at radius 3 is 1.89 bits per heavy atom. The molecule has 0 fully saturated rings. The van der Waals surface area contributed by atoms with Crippen LogP contribution in [0.2, 0.25) is 25.2 Å². The number of hydrogen-bond acceptors (Lipinski definition) is 1. The van der Waals surface area contributed by atoms with Gasteiger partial charge in [-0.3, -0.25) is 0 Å². The van der Waals surface area contributed by atoms with E-state index in [9.17, 15) is 0 Å². The molecule has 0 spiro atoms. The smallest absolute Gasteiger partial charge is 0.115 e. The van der Waals surface area contributed by atoms with Crippen molar-refractivity contribution in [1.29, 1.82) is 0 Å². The van der Waals surface area contributed by atoms with Crippen LogP contribution >= 0.6 is 0 Å². The zero-order valence-corrected chi connectivity index (χ0v) is 9.54. The van der Waals surface area contributed by atoms with E-state index in [-0.39, 0.29) is 9.68 Å². The molecule has 0 atom stereocenters. The zero-order valence-electron chi connectivity index (χ0n) is 7.12. The maximum atomic E-state index is 3.74. The first-order valence-electron chi connectivity index (χ1n) is 3.93. The molecule has 0 amide bonds. The Bertz CT molecular complexity index is 71.5. The average molecular weight is 161 g/mol. The van der Waals surface area contributed by atoms with Gasteiger partial charge >= 0.3 is 0 Å². The van der Waals surface area contributed by atoms with Crippen LogP contribution in [0.15, 0.2) is 0 Å². The molecule has 0 unspecified atom stereocenters. The fourth-order valence-electron chi connectivity index (χ4n) is 0.927. The molecule has 0 heterocycles. The molecule has 0 radical (unpaired) electrons. The summed E-state index contributed by atoms with van der Waals surface area (Å²) in [4.78, 5) is 0. The van der Waals surface area contributed by atoms with Gasteiger partial charge in [-0.15, -0.1) is 0 Å². The van der Waals surface area contributed by atoms with E-state index in [2.05, 4.69) is 31.6 Å². The standard InChI is InChI=1S/C6H19NSi2/c1-5-9(4,6-2)7-8-3/h7H,5-6,8H2,1-4H3. The molecule has 1 N–H and O–H groups in total. The molecular formula is C6H19NSi2. The molecule has 0 bridgehead atoms. The quantitative estimate of drug-likeness (QED) is 0.613. The number of rotatable bonds is 4. The molecule has 0 aliphatic rings. The molecule has 0 aromatic carbocycles. The predicted octanol–water partition coefficient (Wildman–Crippen LogP) is 1.32. The Morgan fingerprint density at radius 1 is 1.33 bits per heavy atom. The third-order valence-corrected chi connectivity index (χ3v) is 10.1. The SMILES string of the molecule is CC[Si](C)(CC)N[SiH2]C. The third kappa shape index (κ3) is 3.18. The summed E-state index contributed by atoms with van der Waals surface area (Å²) in [7, 11) is -0.786. The highest BCUT2D eigenvalue weighted by Gasteiger charge is 2.19. The first-order chi connectivity index (χ1) is 4.18. The van der Waals surface area contributed by atoms with Gasteiger partial charge in [-0.2, -0.15) is 0 Å². The van der Waals surface area contributed by atoms with Crippen LogP contribution in [0.4, 0.5) is 0 Å². The van der Waals surface area contributed by atoms with Gasteiger partial charge < -0.3 is 4.65 Å². The molecule has 0 aromatic heterocycles. The summed E-state index contributed by atoms with van der Waals surface area (Å²) in [6, 6.07) is 2.79. The van der Waals surface area contributed by atoms with Gasteiger partial charge in [0.05, 0.1) is 9.68 Å². The van der Waals surface area contributed by atoms with Gasteiger partial charge in [0.2, 0.25) is 0 Å². The minimum atomic E-state index is -0.886. The van der Waals surface area contributed by atoms with Crippen molar-refractivity contribution in [2.75, 3.05) is 0 Å². The second-order valence-electron chi connectivity index (χ2n) is 2.80. The lowest BCUT2D eigenvalue weighted by atomic mass is 10.9. The van der Waals surface area contributed by atoms with Gasteiger partial charge in [-0.1, -0.05) is 26.9 Å². The van der Waals surface area contributed by atoms with Crippen molar-refractivity contribution in [2.45, 2.75) is 39.0 Å². The van der Waals surface area contributed by atoms with E-state index in [1.54, 1.807) is 0 Å². The number of hydrogen-bond donors (Lipinski definition) is 1. The lowest BCUT2D eigenvalue weighted by Crippen LogP contribution is -2.47. The Kier molecular flexibility index (Phi) is 4.43. The zero-order chi connectivity index (χ0) is 7.33. The Hall–Kier alpha value is 0.394. The van der Waals surface area contributed by atoms with Gasteiger partial charge in [-0.05, 0) is 12.1 Å². The first kappa shape index (κ1) is 9.39. The van der Waals surface area contributed by atoms with E-state index in [1.165, 1.54) is 12.1 Å². The second kappa shape index (κ2) is 4.25. The Balaban J connectivity index is 3.62. The summed E-state index contributed by atoms with van der Waals surface area (Å²) in [5, 5.41) is 0. The fourth-order valence-corrected chi connectivity index (χ4v) is 6.84. The molecule has 0 aromatic rings. The molecule has 3 heteroatoms. The predicted molar refractivity (Wildman–Crippen MR) is 50.1 cm³/mol. The van der Waals surface area contributed by atoms with Crippen molar-refractivity contribution in [3.8, 4) is 0 Å². The monoisotopic (exact) mass is 161 g/mol. The van der Waals surface area contributed by atoms with Gasteiger partial charge in [-0.25, -0.2) is 0 Å². The van der Waals surface area contributed by atoms with E-state index in [1.807, 2.05) is 0 Å². The molecule has 0 aliphatic heterocycles. The highest BCUT2D eigenvalue weighted by molar-refractivity contribution is 6.81. The van der Waals surface area contributed by atoms with Crippen LogP contribution in [0.25, 0.3) is 0 Å². The fraction of sp³-hybridized carbons (Fsp3) is 1.00. The third-order valence-electron chi connectivity index (χ3n) is 2.16. The van der Waals surface area contributed by atoms with Crippen LogP contribution in [0.5, 0.6) is 0 Å². The highest BCUT2D eigenvalue weighted by Crippen LogP contribution is 2.08. The van der Waals surface area contributed by atoms with Gasteiger partial charge in [0, 0.05) is 0 Å². The van der Waals surface area contributed by atoms with Crippen LogP contribution in [-0.2, 0) is 0 Å². The van der Waals surface area contributed by atoms with Crippen LogP contribution in [0.3, 0.4) is 0 Å². The molecular weight excluding hydrogens is 142 g/mol.